The van der Waals surface area contributed by atoms with Crippen molar-refractivity contribution < 1.29 is 29.1 Å². The van der Waals surface area contributed by atoms with E-state index in [2.05, 4.69) is 10.6 Å². The van der Waals surface area contributed by atoms with Crippen LogP contribution in [0, 0.1) is 0 Å². The maximum Gasteiger partial charge on any atom is 0.490 e. The molecule has 158 valence electrons. The van der Waals surface area contributed by atoms with E-state index in [9.17, 15) is 19.6 Å². The minimum Gasteiger partial charge on any atom is -0.444 e. The minimum atomic E-state index is -1.83. The molecule has 0 saturated carbocycles. The van der Waals surface area contributed by atoms with Gasteiger partial charge in [0.05, 0.1) is 0 Å². The lowest BCUT2D eigenvalue weighted by Gasteiger charge is -2.14. The van der Waals surface area contributed by atoms with Crippen molar-refractivity contribution >= 4 is 36.1 Å². The molecule has 0 saturated heterocycles. The Morgan fingerprint density at radius 2 is 1.26 bits per heavy atom. The number of carbonyl (C=O) groups excluding carboxylic acids is 2. The molecule has 0 aliphatic carbocycles. The van der Waals surface area contributed by atoms with E-state index in [4.69, 9.17) is 9.47 Å². The number of benzene rings is 3. The van der Waals surface area contributed by atoms with Crippen LogP contribution in [0.25, 0.3) is 0 Å². The summed E-state index contributed by atoms with van der Waals surface area (Å²) in [6, 6.07) is 22.5. The van der Waals surface area contributed by atoms with Gasteiger partial charge in [0.25, 0.3) is 0 Å². The zero-order valence-corrected chi connectivity index (χ0v) is 16.5. The summed E-state index contributed by atoms with van der Waals surface area (Å²) in [6.07, 6.45) is -1.48. The average molecular weight is 420 g/mol. The number of hydrogen-bond donors (Lipinski definition) is 4. The lowest BCUT2D eigenvalue weighted by Crippen LogP contribution is -2.33. The maximum absolute atomic E-state index is 12.1. The highest BCUT2D eigenvalue weighted by atomic mass is 16.6. The summed E-state index contributed by atoms with van der Waals surface area (Å²) < 4.78 is 10.3. The topological polar surface area (TPSA) is 117 Å². The highest BCUT2D eigenvalue weighted by Crippen LogP contribution is 2.15. The van der Waals surface area contributed by atoms with Crippen molar-refractivity contribution in [2.45, 2.75) is 13.2 Å². The highest BCUT2D eigenvalue weighted by molar-refractivity contribution is 6.60. The van der Waals surface area contributed by atoms with Gasteiger partial charge in [-0.1, -0.05) is 66.7 Å². The van der Waals surface area contributed by atoms with Crippen LogP contribution in [-0.2, 0) is 22.7 Å². The number of rotatable bonds is 7. The summed E-state index contributed by atoms with van der Waals surface area (Å²) in [5.41, 5.74) is 2.05. The van der Waals surface area contributed by atoms with Crippen molar-refractivity contribution in [1.29, 1.82) is 0 Å². The average Bonchev–Trinajstić information content (AvgIpc) is 2.78. The fraction of sp³-hybridized carbons (Fsp3) is 0.0909. The van der Waals surface area contributed by atoms with Crippen LogP contribution < -0.4 is 16.1 Å². The molecular weight excluding hydrogens is 399 g/mol. The number of anilines is 2. The van der Waals surface area contributed by atoms with Gasteiger partial charge >= 0.3 is 19.3 Å². The van der Waals surface area contributed by atoms with Gasteiger partial charge in [0.15, 0.2) is 0 Å². The van der Waals surface area contributed by atoms with E-state index in [0.717, 1.165) is 11.1 Å². The third-order valence-corrected chi connectivity index (χ3v) is 4.24. The first kappa shape index (κ1) is 21.9. The molecule has 3 aromatic rings. The molecule has 9 heteroatoms. The van der Waals surface area contributed by atoms with E-state index in [1.807, 2.05) is 60.7 Å². The molecular formula is C22H21BN2O6. The molecule has 0 aliphatic heterocycles. The van der Waals surface area contributed by atoms with Crippen LogP contribution in [0.1, 0.15) is 11.1 Å². The molecule has 0 spiro atoms. The molecule has 8 nitrogen and oxygen atoms in total. The van der Waals surface area contributed by atoms with Crippen LogP contribution in [0.5, 0.6) is 0 Å². The molecule has 0 atom stereocenters. The summed E-state index contributed by atoms with van der Waals surface area (Å²) in [5, 5.41) is 24.1. The molecule has 2 amide bonds. The van der Waals surface area contributed by atoms with Crippen LogP contribution in [0.2, 0.25) is 0 Å². The minimum absolute atomic E-state index is 0.0415. The number of ether oxygens (including phenoxy) is 2. The molecule has 3 aromatic carbocycles. The molecule has 3 rings (SSSR count). The van der Waals surface area contributed by atoms with Gasteiger partial charge in [-0.2, -0.15) is 0 Å². The fourth-order valence-electron chi connectivity index (χ4n) is 2.71. The maximum atomic E-state index is 12.1. The normalized spacial score (nSPS) is 10.1. The van der Waals surface area contributed by atoms with Crippen LogP contribution in [-0.4, -0.2) is 29.4 Å². The Bertz CT molecular complexity index is 1020. The monoisotopic (exact) mass is 420 g/mol. The molecule has 31 heavy (non-hydrogen) atoms. The van der Waals surface area contributed by atoms with Gasteiger partial charge in [-0.3, -0.25) is 10.6 Å². The number of nitrogens with one attached hydrogen (secondary N) is 2. The lowest BCUT2D eigenvalue weighted by atomic mass is 9.79. The summed E-state index contributed by atoms with van der Waals surface area (Å²) in [4.78, 5) is 24.2. The van der Waals surface area contributed by atoms with Crippen LogP contribution in [0.3, 0.4) is 0 Å². The number of hydrogen-bond acceptors (Lipinski definition) is 6. The first-order valence-corrected chi connectivity index (χ1v) is 9.47. The summed E-state index contributed by atoms with van der Waals surface area (Å²) in [6.45, 7) is 0.143. The van der Waals surface area contributed by atoms with Gasteiger partial charge < -0.3 is 19.5 Å². The van der Waals surface area contributed by atoms with Crippen molar-refractivity contribution in [2.24, 2.45) is 0 Å². The molecule has 0 aromatic heterocycles. The van der Waals surface area contributed by atoms with E-state index in [-0.39, 0.29) is 24.4 Å². The first-order valence-electron chi connectivity index (χ1n) is 9.47. The van der Waals surface area contributed by atoms with Crippen LogP contribution in [0.4, 0.5) is 21.0 Å². The Morgan fingerprint density at radius 1 is 0.742 bits per heavy atom. The van der Waals surface area contributed by atoms with Gasteiger partial charge in [0.1, 0.15) is 13.2 Å². The zero-order valence-electron chi connectivity index (χ0n) is 16.5. The number of carbonyl (C=O) groups is 2. The third kappa shape index (κ3) is 6.88. The van der Waals surface area contributed by atoms with E-state index in [0.29, 0.717) is 5.69 Å². The first-order chi connectivity index (χ1) is 15.0. The summed E-state index contributed by atoms with van der Waals surface area (Å²) in [5.74, 6) is 0. The van der Waals surface area contributed by atoms with Crippen LogP contribution in [0.15, 0.2) is 78.9 Å². The molecule has 4 N–H and O–H groups in total. The fourth-order valence-corrected chi connectivity index (χ4v) is 2.71. The molecule has 0 aliphatic rings. The van der Waals surface area contributed by atoms with Gasteiger partial charge in [-0.15, -0.1) is 0 Å². The number of amides is 2. The zero-order chi connectivity index (χ0) is 22.1. The van der Waals surface area contributed by atoms with Gasteiger partial charge in [-0.25, -0.2) is 9.59 Å². The SMILES string of the molecule is O=C(Nc1ccc(B(O)O)c(NC(=O)OCc2ccccc2)c1)OCc1ccccc1. The largest absolute Gasteiger partial charge is 0.490 e. The van der Waals surface area contributed by atoms with E-state index in [1.165, 1.54) is 18.2 Å². The smallest absolute Gasteiger partial charge is 0.444 e. The Hall–Kier alpha value is -3.82. The van der Waals surface area contributed by atoms with Crippen molar-refractivity contribution in [3.63, 3.8) is 0 Å². The highest BCUT2D eigenvalue weighted by Gasteiger charge is 2.19. The van der Waals surface area contributed by atoms with Crippen LogP contribution >= 0.6 is 0 Å². The molecule has 0 heterocycles. The quantitative estimate of drug-likeness (QED) is 0.437. The van der Waals surface area contributed by atoms with Crippen molar-refractivity contribution in [3.8, 4) is 0 Å². The standard InChI is InChI=1S/C22H21BN2O6/c26-21(30-14-16-7-3-1-4-8-16)24-18-11-12-19(23(28)29)20(13-18)25-22(27)31-15-17-9-5-2-6-10-17/h1-13,28-29H,14-15H2,(H,24,26)(H,25,27). The lowest BCUT2D eigenvalue weighted by molar-refractivity contribution is 0.154. The molecule has 0 bridgehead atoms. The Balaban J connectivity index is 1.61. The second-order valence-electron chi connectivity index (χ2n) is 6.55. The second-order valence-corrected chi connectivity index (χ2v) is 6.55. The van der Waals surface area contributed by atoms with E-state index >= 15 is 0 Å². The summed E-state index contributed by atoms with van der Waals surface area (Å²) >= 11 is 0. The molecule has 0 unspecified atom stereocenters. The van der Waals surface area contributed by atoms with Crippen molar-refractivity contribution in [2.75, 3.05) is 10.6 Å². The molecule has 0 fully saturated rings. The second kappa shape index (κ2) is 10.8. The Kier molecular flexibility index (Phi) is 7.64. The Labute approximate surface area is 179 Å². The van der Waals surface area contributed by atoms with Gasteiger partial charge in [0, 0.05) is 16.8 Å². The predicted octanol–water partition coefficient (Wildman–Crippen LogP) is 2.86. The van der Waals surface area contributed by atoms with Crippen molar-refractivity contribution in [3.05, 3.63) is 90.0 Å². The molecule has 0 radical (unpaired) electrons. The van der Waals surface area contributed by atoms with Gasteiger partial charge in [-0.05, 0) is 23.3 Å². The predicted molar refractivity (Wildman–Crippen MR) is 117 cm³/mol. The van der Waals surface area contributed by atoms with Crippen molar-refractivity contribution in [1.82, 2.24) is 0 Å². The van der Waals surface area contributed by atoms with Gasteiger partial charge in [0.2, 0.25) is 0 Å². The van der Waals surface area contributed by atoms with E-state index < -0.39 is 19.3 Å². The third-order valence-electron chi connectivity index (χ3n) is 4.24. The Morgan fingerprint density at radius 3 is 1.77 bits per heavy atom. The summed E-state index contributed by atoms with van der Waals surface area (Å²) in [7, 11) is -1.83. The van der Waals surface area contributed by atoms with E-state index in [1.54, 1.807) is 0 Å².